The van der Waals surface area contributed by atoms with Crippen LogP contribution in [0.3, 0.4) is 0 Å². The van der Waals surface area contributed by atoms with Crippen molar-refractivity contribution < 1.29 is 13.0 Å². The SMILES string of the molecule is CCCCCCCCCCCCC(C)Cc1ccc(S(=O)(=O)O)cc1. The van der Waals surface area contributed by atoms with E-state index in [0.717, 1.165) is 12.0 Å². The van der Waals surface area contributed by atoms with E-state index in [0.29, 0.717) is 5.92 Å². The fraction of sp³-hybridized carbons (Fsp3) is 0.714. The molecule has 0 saturated carbocycles. The summed E-state index contributed by atoms with van der Waals surface area (Å²) in [5.74, 6) is 0.602. The van der Waals surface area contributed by atoms with Crippen LogP contribution >= 0.6 is 0 Å². The van der Waals surface area contributed by atoms with Crippen LogP contribution in [-0.2, 0) is 16.5 Å². The first-order valence-electron chi connectivity index (χ1n) is 10.00. The number of benzene rings is 1. The lowest BCUT2D eigenvalue weighted by Gasteiger charge is -2.11. The first-order valence-corrected chi connectivity index (χ1v) is 11.4. The minimum atomic E-state index is -4.08. The summed E-state index contributed by atoms with van der Waals surface area (Å²) in [6.07, 6.45) is 15.8. The predicted molar refractivity (Wildman–Crippen MR) is 106 cm³/mol. The highest BCUT2D eigenvalue weighted by atomic mass is 32.2. The lowest BCUT2D eigenvalue weighted by Crippen LogP contribution is -2.02. The topological polar surface area (TPSA) is 54.4 Å². The number of hydrogen-bond donors (Lipinski definition) is 1. The molecule has 0 spiro atoms. The summed E-state index contributed by atoms with van der Waals surface area (Å²) in [6.45, 7) is 4.51. The van der Waals surface area contributed by atoms with Crippen LogP contribution in [0.2, 0.25) is 0 Å². The van der Waals surface area contributed by atoms with Crippen LogP contribution in [0.15, 0.2) is 29.2 Å². The van der Waals surface area contributed by atoms with Crippen LogP contribution in [0.5, 0.6) is 0 Å². The van der Waals surface area contributed by atoms with Crippen molar-refractivity contribution in [3.63, 3.8) is 0 Å². The lowest BCUT2D eigenvalue weighted by molar-refractivity contribution is 0.477. The van der Waals surface area contributed by atoms with Gasteiger partial charge in [0.2, 0.25) is 0 Å². The van der Waals surface area contributed by atoms with Gasteiger partial charge in [-0.3, -0.25) is 4.55 Å². The Bertz CT molecular complexity index is 549. The molecule has 0 aromatic heterocycles. The zero-order chi connectivity index (χ0) is 18.5. The molecule has 1 aromatic rings. The van der Waals surface area contributed by atoms with Gasteiger partial charge in [0.15, 0.2) is 0 Å². The third kappa shape index (κ3) is 10.7. The van der Waals surface area contributed by atoms with Crippen molar-refractivity contribution in [2.24, 2.45) is 5.92 Å². The minimum absolute atomic E-state index is 0.0291. The largest absolute Gasteiger partial charge is 0.294 e. The highest BCUT2D eigenvalue weighted by Gasteiger charge is 2.09. The second-order valence-corrected chi connectivity index (χ2v) is 8.82. The Morgan fingerprint density at radius 2 is 1.32 bits per heavy atom. The molecule has 0 amide bonds. The Hall–Kier alpha value is -0.870. The summed E-state index contributed by atoms with van der Waals surface area (Å²) in [5.41, 5.74) is 1.13. The smallest absolute Gasteiger partial charge is 0.282 e. The Morgan fingerprint density at radius 1 is 0.840 bits per heavy atom. The first-order chi connectivity index (χ1) is 11.9. The van der Waals surface area contributed by atoms with Crippen molar-refractivity contribution >= 4 is 10.1 Å². The molecule has 0 aliphatic rings. The summed E-state index contributed by atoms with van der Waals surface area (Å²) in [6, 6.07) is 6.58. The van der Waals surface area contributed by atoms with Gasteiger partial charge in [-0.2, -0.15) is 8.42 Å². The van der Waals surface area contributed by atoms with Crippen LogP contribution in [0.4, 0.5) is 0 Å². The van der Waals surface area contributed by atoms with Crippen molar-refractivity contribution in [1.29, 1.82) is 0 Å². The number of unbranched alkanes of at least 4 members (excludes halogenated alkanes) is 9. The van der Waals surface area contributed by atoms with E-state index in [1.165, 1.54) is 82.8 Å². The van der Waals surface area contributed by atoms with E-state index in [-0.39, 0.29) is 4.90 Å². The summed E-state index contributed by atoms with van der Waals surface area (Å²) in [5, 5.41) is 0. The maximum absolute atomic E-state index is 11.0. The Balaban J connectivity index is 2.08. The number of rotatable bonds is 14. The predicted octanol–water partition coefficient (Wildman–Crippen LogP) is 6.42. The van der Waals surface area contributed by atoms with E-state index < -0.39 is 10.1 Å². The zero-order valence-corrected chi connectivity index (χ0v) is 16.9. The van der Waals surface area contributed by atoms with Crippen LogP contribution in [0, 0.1) is 5.92 Å². The van der Waals surface area contributed by atoms with Gasteiger partial charge in [-0.1, -0.05) is 96.6 Å². The molecule has 25 heavy (non-hydrogen) atoms. The van der Waals surface area contributed by atoms with Gasteiger partial charge in [-0.05, 0) is 30.0 Å². The van der Waals surface area contributed by atoms with E-state index in [9.17, 15) is 8.42 Å². The summed E-state index contributed by atoms with van der Waals surface area (Å²) >= 11 is 0. The molecule has 0 radical (unpaired) electrons. The van der Waals surface area contributed by atoms with Crippen LogP contribution in [0.1, 0.15) is 90.0 Å². The molecule has 1 N–H and O–H groups in total. The second-order valence-electron chi connectivity index (χ2n) is 7.40. The van der Waals surface area contributed by atoms with Gasteiger partial charge in [0.1, 0.15) is 0 Å². The third-order valence-electron chi connectivity index (χ3n) is 4.86. The maximum atomic E-state index is 11.0. The molecule has 0 aliphatic carbocycles. The van der Waals surface area contributed by atoms with Crippen molar-refractivity contribution in [2.45, 2.75) is 95.8 Å². The van der Waals surface area contributed by atoms with E-state index >= 15 is 0 Å². The maximum Gasteiger partial charge on any atom is 0.294 e. The normalized spacial score (nSPS) is 13.1. The molecule has 4 heteroatoms. The quantitative estimate of drug-likeness (QED) is 0.304. The van der Waals surface area contributed by atoms with Crippen LogP contribution in [0.25, 0.3) is 0 Å². The van der Waals surface area contributed by atoms with Crippen molar-refractivity contribution in [3.8, 4) is 0 Å². The molecule has 0 saturated heterocycles. The van der Waals surface area contributed by atoms with Gasteiger partial charge in [-0.15, -0.1) is 0 Å². The average Bonchev–Trinajstić information content (AvgIpc) is 2.56. The average molecular weight is 369 g/mol. The molecule has 1 atom stereocenters. The molecule has 0 fully saturated rings. The van der Waals surface area contributed by atoms with E-state index in [2.05, 4.69) is 13.8 Å². The molecule has 0 aliphatic heterocycles. The fourth-order valence-corrected chi connectivity index (χ4v) is 3.76. The van der Waals surface area contributed by atoms with E-state index in [1.54, 1.807) is 12.1 Å². The highest BCUT2D eigenvalue weighted by Crippen LogP contribution is 2.18. The van der Waals surface area contributed by atoms with E-state index in [1.807, 2.05) is 0 Å². The molecule has 3 nitrogen and oxygen atoms in total. The van der Waals surface area contributed by atoms with Gasteiger partial charge in [0, 0.05) is 0 Å². The Labute approximate surface area is 155 Å². The first kappa shape index (κ1) is 22.2. The van der Waals surface area contributed by atoms with Crippen LogP contribution < -0.4 is 0 Å². The summed E-state index contributed by atoms with van der Waals surface area (Å²) in [7, 11) is -4.08. The minimum Gasteiger partial charge on any atom is -0.282 e. The fourth-order valence-electron chi connectivity index (χ4n) is 3.28. The lowest BCUT2D eigenvalue weighted by atomic mass is 9.95. The van der Waals surface area contributed by atoms with Gasteiger partial charge in [0.25, 0.3) is 10.1 Å². The summed E-state index contributed by atoms with van der Waals surface area (Å²) < 4.78 is 31.1. The molecular weight excluding hydrogens is 332 g/mol. The molecule has 1 unspecified atom stereocenters. The molecular formula is C21H36O3S. The van der Waals surface area contributed by atoms with Crippen molar-refractivity contribution in [3.05, 3.63) is 29.8 Å². The van der Waals surface area contributed by atoms with Gasteiger partial charge in [-0.25, -0.2) is 0 Å². The van der Waals surface area contributed by atoms with Gasteiger partial charge >= 0.3 is 0 Å². The van der Waals surface area contributed by atoms with Gasteiger partial charge in [0.05, 0.1) is 4.90 Å². The van der Waals surface area contributed by atoms with E-state index in [4.69, 9.17) is 4.55 Å². The molecule has 1 aromatic carbocycles. The Morgan fingerprint density at radius 3 is 1.80 bits per heavy atom. The third-order valence-corrected chi connectivity index (χ3v) is 5.72. The molecule has 0 bridgehead atoms. The molecule has 144 valence electrons. The monoisotopic (exact) mass is 368 g/mol. The zero-order valence-electron chi connectivity index (χ0n) is 16.0. The summed E-state index contributed by atoms with van der Waals surface area (Å²) in [4.78, 5) is -0.0291. The Kier molecular flexibility index (Phi) is 11.1. The van der Waals surface area contributed by atoms with Gasteiger partial charge < -0.3 is 0 Å². The number of hydrogen-bond acceptors (Lipinski definition) is 2. The van der Waals surface area contributed by atoms with Crippen molar-refractivity contribution in [2.75, 3.05) is 0 Å². The van der Waals surface area contributed by atoms with Crippen LogP contribution in [-0.4, -0.2) is 13.0 Å². The second kappa shape index (κ2) is 12.5. The van der Waals surface area contributed by atoms with Crippen molar-refractivity contribution in [1.82, 2.24) is 0 Å². The molecule has 0 heterocycles. The molecule has 1 rings (SSSR count). The highest BCUT2D eigenvalue weighted by molar-refractivity contribution is 7.85. The standard InChI is InChI=1S/C21H36O3S/c1-3-4-5-6-7-8-9-10-11-12-13-19(2)18-20-14-16-21(17-15-20)25(22,23)24/h14-17,19H,3-13,18H2,1-2H3,(H,22,23,24).